The van der Waals surface area contributed by atoms with Crippen molar-refractivity contribution in [1.82, 2.24) is 4.31 Å². The van der Waals surface area contributed by atoms with Crippen molar-refractivity contribution in [2.24, 2.45) is 0 Å². The second-order valence-electron chi connectivity index (χ2n) is 5.80. The maximum atomic E-state index is 12.9. The molecule has 5 heteroatoms. The van der Waals surface area contributed by atoms with Crippen LogP contribution in [0.1, 0.15) is 50.2 Å². The van der Waals surface area contributed by atoms with E-state index < -0.39 is 10.0 Å². The summed E-state index contributed by atoms with van der Waals surface area (Å²) in [5.74, 6) is 0. The molecule has 4 nitrogen and oxygen atoms in total. The zero-order chi connectivity index (χ0) is 15.5. The number of hydrogen-bond donors (Lipinski definition) is 1. The topological polar surface area (TPSA) is 57.6 Å². The molecule has 1 aliphatic heterocycles. The van der Waals surface area contributed by atoms with Gasteiger partial charge in [0.15, 0.2) is 0 Å². The molecule has 1 aromatic carbocycles. The number of aliphatic hydroxyl groups excluding tert-OH is 1. The van der Waals surface area contributed by atoms with Crippen molar-refractivity contribution in [2.75, 3.05) is 6.54 Å². The maximum Gasteiger partial charge on any atom is 0.243 e. The molecule has 1 aromatic rings. The van der Waals surface area contributed by atoms with E-state index in [1.54, 1.807) is 22.5 Å². The van der Waals surface area contributed by atoms with E-state index in [1.807, 2.05) is 6.92 Å². The number of hydrogen-bond acceptors (Lipinski definition) is 3. The molecule has 0 spiro atoms. The molecule has 1 atom stereocenters. The molecule has 0 aromatic heterocycles. The minimum atomic E-state index is -3.46. The van der Waals surface area contributed by atoms with Crippen molar-refractivity contribution in [3.8, 4) is 0 Å². The van der Waals surface area contributed by atoms with Gasteiger partial charge in [0, 0.05) is 12.6 Å². The van der Waals surface area contributed by atoms with E-state index in [1.165, 1.54) is 0 Å². The molecule has 1 unspecified atom stereocenters. The van der Waals surface area contributed by atoms with Crippen LogP contribution in [0.25, 0.3) is 0 Å². The standard InChI is InChI=1S/C16H25NO3S/c1-3-6-15-7-4-5-10-17(15)21(19,20)16-9-8-13(2)14(11-16)12-18/h8-9,11,15,18H,3-7,10,12H2,1-2H3. The van der Waals surface area contributed by atoms with Crippen molar-refractivity contribution in [1.29, 1.82) is 0 Å². The highest BCUT2D eigenvalue weighted by Crippen LogP contribution is 2.28. The van der Waals surface area contributed by atoms with E-state index in [0.29, 0.717) is 17.0 Å². The van der Waals surface area contributed by atoms with Crippen LogP contribution in [-0.4, -0.2) is 30.4 Å². The fourth-order valence-corrected chi connectivity index (χ4v) is 4.80. The number of rotatable bonds is 5. The van der Waals surface area contributed by atoms with Gasteiger partial charge in [-0.05, 0) is 49.4 Å². The summed E-state index contributed by atoms with van der Waals surface area (Å²) in [7, 11) is -3.46. The quantitative estimate of drug-likeness (QED) is 0.909. The Morgan fingerprint density at radius 2 is 2.10 bits per heavy atom. The average molecular weight is 311 g/mol. The highest BCUT2D eigenvalue weighted by molar-refractivity contribution is 7.89. The van der Waals surface area contributed by atoms with Gasteiger partial charge in [0.2, 0.25) is 10.0 Å². The summed E-state index contributed by atoms with van der Waals surface area (Å²) >= 11 is 0. The van der Waals surface area contributed by atoms with Gasteiger partial charge in [0.25, 0.3) is 0 Å². The second kappa shape index (κ2) is 6.90. The summed E-state index contributed by atoms with van der Waals surface area (Å²) in [4.78, 5) is 0.306. The van der Waals surface area contributed by atoms with Crippen molar-refractivity contribution >= 4 is 10.0 Å². The number of sulfonamides is 1. The number of aryl methyl sites for hydroxylation is 1. The third-order valence-electron chi connectivity index (χ3n) is 4.29. The van der Waals surface area contributed by atoms with E-state index in [4.69, 9.17) is 0 Å². The van der Waals surface area contributed by atoms with Crippen molar-refractivity contribution in [3.63, 3.8) is 0 Å². The van der Waals surface area contributed by atoms with Crippen LogP contribution in [0.5, 0.6) is 0 Å². The summed E-state index contributed by atoms with van der Waals surface area (Å²) in [6.45, 7) is 4.45. The zero-order valence-corrected chi connectivity index (χ0v) is 13.7. The van der Waals surface area contributed by atoms with Crippen molar-refractivity contribution < 1.29 is 13.5 Å². The summed E-state index contributed by atoms with van der Waals surface area (Å²) in [6, 6.07) is 5.16. The van der Waals surface area contributed by atoms with E-state index in [-0.39, 0.29) is 12.6 Å². The SMILES string of the molecule is CCCC1CCCCN1S(=O)(=O)c1ccc(C)c(CO)c1. The first-order valence-corrected chi connectivity index (χ1v) is 9.17. The first-order valence-electron chi connectivity index (χ1n) is 7.73. The molecule has 1 N–H and O–H groups in total. The number of piperidine rings is 1. The minimum Gasteiger partial charge on any atom is -0.392 e. The molecular weight excluding hydrogens is 286 g/mol. The van der Waals surface area contributed by atoms with E-state index in [0.717, 1.165) is 37.7 Å². The lowest BCUT2D eigenvalue weighted by molar-refractivity contribution is 0.239. The lowest BCUT2D eigenvalue weighted by Gasteiger charge is -2.34. The summed E-state index contributed by atoms with van der Waals surface area (Å²) in [6.07, 6.45) is 4.89. The molecule has 1 heterocycles. The zero-order valence-electron chi connectivity index (χ0n) is 12.9. The molecule has 2 rings (SSSR count). The van der Waals surface area contributed by atoms with E-state index in [9.17, 15) is 13.5 Å². The van der Waals surface area contributed by atoms with E-state index in [2.05, 4.69) is 6.92 Å². The van der Waals surface area contributed by atoms with Crippen LogP contribution >= 0.6 is 0 Å². The van der Waals surface area contributed by atoms with Crippen LogP contribution < -0.4 is 0 Å². The highest BCUT2D eigenvalue weighted by atomic mass is 32.2. The predicted octanol–water partition coefficient (Wildman–Crippen LogP) is 2.83. The number of benzene rings is 1. The number of nitrogens with zero attached hydrogens (tertiary/aromatic N) is 1. The first kappa shape index (κ1) is 16.5. The normalized spacial score (nSPS) is 20.6. The Morgan fingerprint density at radius 1 is 1.33 bits per heavy atom. The molecular formula is C16H25NO3S. The Labute approximate surface area is 127 Å². The monoisotopic (exact) mass is 311 g/mol. The summed E-state index contributed by atoms with van der Waals surface area (Å²) in [5.41, 5.74) is 1.60. The van der Waals surface area contributed by atoms with Crippen LogP contribution in [0.4, 0.5) is 0 Å². The lowest BCUT2D eigenvalue weighted by Crippen LogP contribution is -2.43. The van der Waals surface area contributed by atoms with Gasteiger partial charge in [0.05, 0.1) is 11.5 Å². The first-order chi connectivity index (χ1) is 10.0. The fourth-order valence-electron chi connectivity index (χ4n) is 3.03. The van der Waals surface area contributed by atoms with Gasteiger partial charge in [-0.25, -0.2) is 8.42 Å². The van der Waals surface area contributed by atoms with Gasteiger partial charge in [-0.15, -0.1) is 0 Å². The maximum absolute atomic E-state index is 12.9. The average Bonchev–Trinajstić information content (AvgIpc) is 2.48. The Morgan fingerprint density at radius 3 is 2.76 bits per heavy atom. The molecule has 1 saturated heterocycles. The lowest BCUT2D eigenvalue weighted by atomic mass is 10.0. The summed E-state index contributed by atoms with van der Waals surface area (Å²) in [5, 5.41) is 9.35. The van der Waals surface area contributed by atoms with Gasteiger partial charge < -0.3 is 5.11 Å². The van der Waals surface area contributed by atoms with E-state index >= 15 is 0 Å². The van der Waals surface area contributed by atoms with Gasteiger partial charge in [-0.3, -0.25) is 0 Å². The molecule has 1 aliphatic rings. The highest BCUT2D eigenvalue weighted by Gasteiger charge is 2.33. The molecule has 0 amide bonds. The van der Waals surface area contributed by atoms with Gasteiger partial charge in [0.1, 0.15) is 0 Å². The Bertz CT molecular complexity index is 581. The van der Waals surface area contributed by atoms with Crippen LogP contribution in [0, 0.1) is 6.92 Å². The minimum absolute atomic E-state index is 0.118. The van der Waals surface area contributed by atoms with Gasteiger partial charge >= 0.3 is 0 Å². The molecule has 0 saturated carbocycles. The molecule has 0 radical (unpaired) electrons. The van der Waals surface area contributed by atoms with Crippen molar-refractivity contribution in [3.05, 3.63) is 29.3 Å². The van der Waals surface area contributed by atoms with Crippen molar-refractivity contribution in [2.45, 2.75) is 63.5 Å². The largest absolute Gasteiger partial charge is 0.392 e. The third-order valence-corrected chi connectivity index (χ3v) is 6.24. The molecule has 1 fully saturated rings. The van der Waals surface area contributed by atoms with Gasteiger partial charge in [-0.1, -0.05) is 25.8 Å². The smallest absolute Gasteiger partial charge is 0.243 e. The van der Waals surface area contributed by atoms with Crippen LogP contribution in [0.2, 0.25) is 0 Å². The van der Waals surface area contributed by atoms with Crippen LogP contribution in [-0.2, 0) is 16.6 Å². The Hall–Kier alpha value is -0.910. The number of aliphatic hydroxyl groups is 1. The third kappa shape index (κ3) is 3.47. The summed E-state index contributed by atoms with van der Waals surface area (Å²) < 4.78 is 27.5. The van der Waals surface area contributed by atoms with Crippen LogP contribution in [0.3, 0.4) is 0 Å². The van der Waals surface area contributed by atoms with Gasteiger partial charge in [-0.2, -0.15) is 4.31 Å². The molecule has 0 bridgehead atoms. The molecule has 21 heavy (non-hydrogen) atoms. The molecule has 118 valence electrons. The molecule has 0 aliphatic carbocycles. The fraction of sp³-hybridized carbons (Fsp3) is 0.625. The predicted molar refractivity (Wildman–Crippen MR) is 83.5 cm³/mol. The Kier molecular flexibility index (Phi) is 5.41. The Balaban J connectivity index is 2.35. The van der Waals surface area contributed by atoms with Crippen LogP contribution in [0.15, 0.2) is 23.1 Å². The second-order valence-corrected chi connectivity index (χ2v) is 7.69.